The van der Waals surface area contributed by atoms with Gasteiger partial charge in [0.05, 0.1) is 21.5 Å². The summed E-state index contributed by atoms with van der Waals surface area (Å²) in [6.45, 7) is 1.06. The lowest BCUT2D eigenvalue weighted by molar-refractivity contribution is -0.384. The summed E-state index contributed by atoms with van der Waals surface area (Å²) in [7, 11) is 0. The fourth-order valence-electron chi connectivity index (χ4n) is 4.17. The minimum absolute atomic E-state index is 0.00658. The molecule has 0 spiro atoms. The summed E-state index contributed by atoms with van der Waals surface area (Å²) in [6.07, 6.45) is 2.53. The number of fused-ring (bicyclic) bond motifs is 2. The predicted octanol–water partition coefficient (Wildman–Crippen LogP) is 4.47. The van der Waals surface area contributed by atoms with Crippen LogP contribution >= 0.6 is 0 Å². The van der Waals surface area contributed by atoms with Gasteiger partial charge < -0.3 is 15.3 Å². The van der Waals surface area contributed by atoms with Gasteiger partial charge in [-0.3, -0.25) is 14.9 Å². The van der Waals surface area contributed by atoms with Crippen LogP contribution in [0.2, 0.25) is 0 Å². The van der Waals surface area contributed by atoms with Crippen molar-refractivity contribution < 1.29 is 4.92 Å². The van der Waals surface area contributed by atoms with Crippen molar-refractivity contribution in [2.24, 2.45) is 5.73 Å². The molecular weight excluding hydrogens is 418 g/mol. The Morgan fingerprint density at radius 2 is 1.85 bits per heavy atom. The van der Waals surface area contributed by atoms with Crippen LogP contribution in [0.1, 0.15) is 6.42 Å². The van der Waals surface area contributed by atoms with Gasteiger partial charge in [-0.25, -0.2) is 4.98 Å². The van der Waals surface area contributed by atoms with E-state index in [2.05, 4.69) is 4.98 Å². The fraction of sp³-hybridized carbons (Fsp3) is 0.120. The van der Waals surface area contributed by atoms with Crippen molar-refractivity contribution in [1.29, 1.82) is 0 Å². The number of nitro benzene ring substituents is 1. The lowest BCUT2D eigenvalue weighted by Gasteiger charge is -2.08. The maximum atomic E-state index is 13.1. The van der Waals surface area contributed by atoms with Crippen molar-refractivity contribution in [3.05, 3.63) is 93.4 Å². The third-order valence-corrected chi connectivity index (χ3v) is 5.74. The molecule has 8 heteroatoms. The van der Waals surface area contributed by atoms with E-state index in [9.17, 15) is 14.9 Å². The van der Waals surface area contributed by atoms with E-state index in [1.54, 1.807) is 6.07 Å². The molecule has 33 heavy (non-hydrogen) atoms. The van der Waals surface area contributed by atoms with Gasteiger partial charge in [-0.05, 0) is 30.7 Å². The van der Waals surface area contributed by atoms with Gasteiger partial charge in [0.25, 0.3) is 11.2 Å². The largest absolute Gasteiger partial charge is 0.347 e. The van der Waals surface area contributed by atoms with Crippen molar-refractivity contribution in [3.63, 3.8) is 0 Å². The molecule has 8 nitrogen and oxygen atoms in total. The highest BCUT2D eigenvalue weighted by Crippen LogP contribution is 2.33. The second-order valence-corrected chi connectivity index (χ2v) is 7.82. The summed E-state index contributed by atoms with van der Waals surface area (Å²) in [6, 6.07) is 20.2. The molecule has 164 valence electrons. The number of aryl methyl sites for hydroxylation is 1. The molecule has 0 unspecified atom stereocenters. The van der Waals surface area contributed by atoms with Gasteiger partial charge >= 0.3 is 0 Å². The Morgan fingerprint density at radius 3 is 2.61 bits per heavy atom. The number of nitro groups is 1. The Labute approximate surface area is 188 Å². The number of rotatable bonds is 6. The number of nitrogens with zero attached hydrogens (tertiary/aromatic N) is 3. The highest BCUT2D eigenvalue weighted by atomic mass is 16.6. The van der Waals surface area contributed by atoms with Gasteiger partial charge in [0, 0.05) is 41.4 Å². The SMILES string of the molecule is NCCCn1cc(-c2nc3c(-c4ccccc4)cccc3[nH]c2=O)c2ccc([N+](=O)[O-])cc21. The third-order valence-electron chi connectivity index (χ3n) is 5.74. The lowest BCUT2D eigenvalue weighted by Crippen LogP contribution is -2.11. The van der Waals surface area contributed by atoms with Crippen LogP contribution in [0.3, 0.4) is 0 Å². The maximum absolute atomic E-state index is 13.1. The Balaban J connectivity index is 1.76. The lowest BCUT2D eigenvalue weighted by atomic mass is 10.0. The van der Waals surface area contributed by atoms with Gasteiger partial charge in [0.2, 0.25) is 0 Å². The van der Waals surface area contributed by atoms with E-state index in [0.29, 0.717) is 41.6 Å². The number of hydrogen-bond donors (Lipinski definition) is 2. The second-order valence-electron chi connectivity index (χ2n) is 7.82. The molecular formula is C25H21N5O3. The molecule has 2 aromatic heterocycles. The Hall–Kier alpha value is -4.30. The number of para-hydroxylation sites is 1. The van der Waals surface area contributed by atoms with E-state index in [4.69, 9.17) is 10.7 Å². The molecule has 0 radical (unpaired) electrons. The van der Waals surface area contributed by atoms with Crippen LogP contribution in [0.4, 0.5) is 5.69 Å². The van der Waals surface area contributed by atoms with E-state index >= 15 is 0 Å². The van der Waals surface area contributed by atoms with Gasteiger partial charge in [0.15, 0.2) is 0 Å². The summed E-state index contributed by atoms with van der Waals surface area (Å²) in [5.41, 5.74) is 10.2. The van der Waals surface area contributed by atoms with Crippen molar-refractivity contribution in [3.8, 4) is 22.4 Å². The minimum atomic E-state index is -0.424. The summed E-state index contributed by atoms with van der Waals surface area (Å²) in [5.74, 6) is 0. The highest BCUT2D eigenvalue weighted by Gasteiger charge is 2.19. The molecule has 0 atom stereocenters. The van der Waals surface area contributed by atoms with Crippen LogP contribution in [-0.4, -0.2) is 26.0 Å². The summed E-state index contributed by atoms with van der Waals surface area (Å²) < 4.78 is 1.90. The molecule has 5 rings (SSSR count). The standard InChI is InChI=1S/C25H21N5O3/c26-12-5-13-29-15-20(19-11-10-17(30(32)33)14-22(19)29)24-25(31)27-21-9-4-8-18(23(21)28-24)16-6-2-1-3-7-16/h1-4,6-11,14-15H,5,12-13,26H2,(H,27,31). The van der Waals surface area contributed by atoms with Gasteiger partial charge in [0.1, 0.15) is 5.69 Å². The summed E-state index contributed by atoms with van der Waals surface area (Å²) >= 11 is 0. The van der Waals surface area contributed by atoms with Gasteiger partial charge in [-0.15, -0.1) is 0 Å². The third kappa shape index (κ3) is 3.66. The van der Waals surface area contributed by atoms with Gasteiger partial charge in [-0.1, -0.05) is 42.5 Å². The molecule has 0 saturated carbocycles. The zero-order chi connectivity index (χ0) is 22.9. The maximum Gasteiger partial charge on any atom is 0.275 e. The average molecular weight is 439 g/mol. The normalized spacial score (nSPS) is 11.3. The number of non-ortho nitro benzene ring substituents is 1. The number of aromatic amines is 1. The van der Waals surface area contributed by atoms with Crippen LogP contribution in [0.15, 0.2) is 77.7 Å². The molecule has 0 saturated heterocycles. The summed E-state index contributed by atoms with van der Waals surface area (Å²) in [5, 5.41) is 12.1. The molecule has 0 bridgehead atoms. The van der Waals surface area contributed by atoms with Crippen LogP contribution in [-0.2, 0) is 6.54 Å². The van der Waals surface area contributed by atoms with Crippen molar-refractivity contribution in [2.75, 3.05) is 6.54 Å². The van der Waals surface area contributed by atoms with Crippen LogP contribution < -0.4 is 11.3 Å². The van der Waals surface area contributed by atoms with Crippen LogP contribution in [0, 0.1) is 10.1 Å². The highest BCUT2D eigenvalue weighted by molar-refractivity contribution is 5.98. The number of benzene rings is 3. The Kier molecular flexibility index (Phi) is 5.20. The van der Waals surface area contributed by atoms with E-state index in [1.165, 1.54) is 12.1 Å². The first kappa shape index (κ1) is 20.6. The molecule has 0 aliphatic rings. The zero-order valence-corrected chi connectivity index (χ0v) is 17.7. The first-order chi connectivity index (χ1) is 16.1. The zero-order valence-electron chi connectivity index (χ0n) is 17.7. The number of nitrogens with one attached hydrogen (secondary N) is 1. The van der Waals surface area contributed by atoms with E-state index in [-0.39, 0.29) is 16.9 Å². The smallest absolute Gasteiger partial charge is 0.275 e. The number of nitrogens with two attached hydrogens (primary N) is 1. The first-order valence-electron chi connectivity index (χ1n) is 10.6. The monoisotopic (exact) mass is 439 g/mol. The van der Waals surface area contributed by atoms with E-state index in [0.717, 1.165) is 16.5 Å². The molecule has 2 heterocycles. The molecule has 0 fully saturated rings. The predicted molar refractivity (Wildman–Crippen MR) is 129 cm³/mol. The van der Waals surface area contributed by atoms with Crippen LogP contribution in [0.25, 0.3) is 44.3 Å². The summed E-state index contributed by atoms with van der Waals surface area (Å²) in [4.78, 5) is 31.7. The fourth-order valence-corrected chi connectivity index (χ4v) is 4.17. The molecule has 3 N–H and O–H groups in total. The molecule has 0 aliphatic carbocycles. The van der Waals surface area contributed by atoms with Crippen molar-refractivity contribution in [1.82, 2.24) is 14.5 Å². The number of H-pyrrole nitrogens is 1. The number of hydrogen-bond acceptors (Lipinski definition) is 5. The molecule has 0 amide bonds. The second kappa shape index (κ2) is 8.33. The van der Waals surface area contributed by atoms with Crippen LogP contribution in [0.5, 0.6) is 0 Å². The van der Waals surface area contributed by atoms with E-state index < -0.39 is 4.92 Å². The molecule has 3 aromatic carbocycles. The number of aromatic nitrogens is 3. The Bertz CT molecular complexity index is 1550. The van der Waals surface area contributed by atoms with Gasteiger partial charge in [-0.2, -0.15) is 0 Å². The Morgan fingerprint density at radius 1 is 1.03 bits per heavy atom. The quantitative estimate of drug-likeness (QED) is 0.299. The van der Waals surface area contributed by atoms with Crippen molar-refractivity contribution >= 4 is 27.6 Å². The molecule has 0 aliphatic heterocycles. The van der Waals surface area contributed by atoms with E-state index in [1.807, 2.05) is 59.3 Å². The topological polar surface area (TPSA) is 120 Å². The first-order valence-corrected chi connectivity index (χ1v) is 10.6. The average Bonchev–Trinajstić information content (AvgIpc) is 3.20. The van der Waals surface area contributed by atoms with Crippen molar-refractivity contribution in [2.45, 2.75) is 13.0 Å². The molecule has 5 aromatic rings. The minimum Gasteiger partial charge on any atom is -0.347 e.